The van der Waals surface area contributed by atoms with E-state index in [4.69, 9.17) is 9.84 Å². The van der Waals surface area contributed by atoms with Gasteiger partial charge in [-0.2, -0.15) is 0 Å². The summed E-state index contributed by atoms with van der Waals surface area (Å²) >= 11 is 0. The molecule has 0 saturated carbocycles. The van der Waals surface area contributed by atoms with Gasteiger partial charge in [-0.1, -0.05) is 6.08 Å². The Morgan fingerprint density at radius 2 is 2.03 bits per heavy atom. The van der Waals surface area contributed by atoms with Gasteiger partial charge in [0.1, 0.15) is 18.5 Å². The highest BCUT2D eigenvalue weighted by Crippen LogP contribution is 2.34. The first-order valence-electron chi connectivity index (χ1n) is 9.21. The number of hydrogen-bond donors (Lipinski definition) is 2. The average Bonchev–Trinajstić information content (AvgIpc) is 3.09. The quantitative estimate of drug-likeness (QED) is 0.688. The number of hydrogen-bond acceptors (Lipinski definition) is 5. The van der Waals surface area contributed by atoms with Crippen molar-refractivity contribution >= 4 is 29.2 Å². The van der Waals surface area contributed by atoms with E-state index >= 15 is 0 Å². The Kier molecular flexibility index (Phi) is 6.30. The van der Waals surface area contributed by atoms with Crippen LogP contribution in [0.2, 0.25) is 0 Å². The molecule has 11 heteroatoms. The van der Waals surface area contributed by atoms with Crippen molar-refractivity contribution in [3.63, 3.8) is 0 Å². The number of carbonyl (C=O) groups excluding carboxylic acids is 3. The number of benzene rings is 1. The molecular weight excluding hydrogens is 407 g/mol. The maximum Gasteiger partial charge on any atom is 0.414 e. The summed E-state index contributed by atoms with van der Waals surface area (Å²) < 4.78 is 49.2. The molecule has 2 aliphatic heterocycles. The van der Waals surface area contributed by atoms with E-state index in [1.165, 1.54) is 17.9 Å². The fourth-order valence-electron chi connectivity index (χ4n) is 3.38. The van der Waals surface area contributed by atoms with Crippen LogP contribution in [0.3, 0.4) is 0 Å². The van der Waals surface area contributed by atoms with Crippen molar-refractivity contribution in [1.82, 2.24) is 10.2 Å². The van der Waals surface area contributed by atoms with Gasteiger partial charge < -0.3 is 20.1 Å². The predicted octanol–water partition coefficient (Wildman–Crippen LogP) is 1.17. The molecule has 0 aromatic heterocycles. The van der Waals surface area contributed by atoms with Crippen molar-refractivity contribution in [2.24, 2.45) is 0 Å². The molecule has 0 spiro atoms. The van der Waals surface area contributed by atoms with E-state index in [1.54, 1.807) is 0 Å². The molecule has 1 aromatic rings. The number of nitrogens with zero attached hydrogens (tertiary/aromatic N) is 2. The Labute approximate surface area is 169 Å². The maximum atomic E-state index is 14.7. The van der Waals surface area contributed by atoms with Crippen LogP contribution in [-0.2, 0) is 14.3 Å². The van der Waals surface area contributed by atoms with Crippen molar-refractivity contribution in [3.05, 3.63) is 35.2 Å². The molecule has 162 valence electrons. The minimum Gasteiger partial charge on any atom is -0.442 e. The summed E-state index contributed by atoms with van der Waals surface area (Å²) in [5, 5.41) is 11.3. The van der Waals surface area contributed by atoms with Gasteiger partial charge in [-0.05, 0) is 12.0 Å². The zero-order chi connectivity index (χ0) is 22.0. The minimum absolute atomic E-state index is 0.0157. The van der Waals surface area contributed by atoms with E-state index in [2.05, 4.69) is 5.32 Å². The van der Waals surface area contributed by atoms with Gasteiger partial charge in [-0.15, -0.1) is 0 Å². The number of aliphatic hydroxyl groups excluding tert-OH is 1. The number of ether oxygens (including phenoxy) is 1. The molecular formula is C19H20F3N3O5. The van der Waals surface area contributed by atoms with Gasteiger partial charge in [0.15, 0.2) is 11.6 Å². The summed E-state index contributed by atoms with van der Waals surface area (Å²) in [6.07, 6.45) is -0.303. The summed E-state index contributed by atoms with van der Waals surface area (Å²) in [7, 11) is 0. The van der Waals surface area contributed by atoms with Gasteiger partial charge in [-0.3, -0.25) is 14.5 Å². The first kappa shape index (κ1) is 21.6. The largest absolute Gasteiger partial charge is 0.442 e. The van der Waals surface area contributed by atoms with Crippen LogP contribution in [0.1, 0.15) is 18.9 Å². The Balaban J connectivity index is 1.84. The van der Waals surface area contributed by atoms with Crippen LogP contribution in [0, 0.1) is 17.5 Å². The third-order valence-electron chi connectivity index (χ3n) is 4.90. The first-order chi connectivity index (χ1) is 14.2. The van der Waals surface area contributed by atoms with Crippen molar-refractivity contribution in [1.29, 1.82) is 0 Å². The summed E-state index contributed by atoms with van der Waals surface area (Å²) in [6.45, 7) is 0.547. The third-order valence-corrected chi connectivity index (χ3v) is 4.90. The molecule has 0 aliphatic carbocycles. The number of nitrogens with one attached hydrogen (secondary N) is 1. The minimum atomic E-state index is -1.45. The smallest absolute Gasteiger partial charge is 0.414 e. The number of aliphatic hydroxyl groups is 1. The topological polar surface area (TPSA) is 99.2 Å². The van der Waals surface area contributed by atoms with Crippen LogP contribution in [0.4, 0.5) is 23.7 Å². The second kappa shape index (κ2) is 8.74. The lowest BCUT2D eigenvalue weighted by atomic mass is 9.97. The number of cyclic esters (lactones) is 1. The van der Waals surface area contributed by atoms with Crippen LogP contribution in [0.5, 0.6) is 0 Å². The van der Waals surface area contributed by atoms with E-state index in [9.17, 15) is 27.6 Å². The second-order valence-corrected chi connectivity index (χ2v) is 6.91. The van der Waals surface area contributed by atoms with Crippen molar-refractivity contribution < 1.29 is 37.4 Å². The van der Waals surface area contributed by atoms with Gasteiger partial charge in [0.2, 0.25) is 11.8 Å². The van der Waals surface area contributed by atoms with Gasteiger partial charge in [0.25, 0.3) is 0 Å². The fraction of sp³-hybridized carbons (Fsp3) is 0.421. The number of rotatable bonds is 5. The summed E-state index contributed by atoms with van der Waals surface area (Å²) in [4.78, 5) is 36.6. The van der Waals surface area contributed by atoms with Crippen molar-refractivity contribution in [2.75, 3.05) is 37.7 Å². The third kappa shape index (κ3) is 4.25. The summed E-state index contributed by atoms with van der Waals surface area (Å²) in [5.41, 5.74) is -0.975. The zero-order valence-electron chi connectivity index (χ0n) is 16.1. The lowest BCUT2D eigenvalue weighted by Gasteiger charge is -2.26. The van der Waals surface area contributed by atoms with Crippen LogP contribution >= 0.6 is 0 Å². The average molecular weight is 427 g/mol. The molecule has 3 rings (SSSR count). The molecule has 3 amide bonds. The lowest BCUT2D eigenvalue weighted by Crippen LogP contribution is -2.36. The zero-order valence-corrected chi connectivity index (χ0v) is 16.1. The molecule has 1 atom stereocenters. The van der Waals surface area contributed by atoms with E-state index in [0.29, 0.717) is 0 Å². The molecule has 1 aromatic carbocycles. The lowest BCUT2D eigenvalue weighted by molar-refractivity contribution is -0.133. The molecule has 0 radical (unpaired) electrons. The van der Waals surface area contributed by atoms with Gasteiger partial charge in [0.05, 0.1) is 24.3 Å². The SMILES string of the molecule is CC(=O)NC[C@H]1CN(c2cc(F)c(C3=CCN(C(=O)CO)CC3)c(F)c2F)C(=O)O1. The van der Waals surface area contributed by atoms with Crippen LogP contribution < -0.4 is 10.2 Å². The van der Waals surface area contributed by atoms with Crippen LogP contribution in [0.25, 0.3) is 5.57 Å². The second-order valence-electron chi connectivity index (χ2n) is 6.91. The molecule has 2 aliphatic rings. The number of anilines is 1. The maximum absolute atomic E-state index is 14.7. The fourth-order valence-corrected chi connectivity index (χ4v) is 3.38. The van der Waals surface area contributed by atoms with Crippen LogP contribution in [-0.4, -0.2) is 66.8 Å². The van der Waals surface area contributed by atoms with E-state index in [1.807, 2.05) is 0 Å². The molecule has 2 heterocycles. The van der Waals surface area contributed by atoms with Crippen molar-refractivity contribution in [2.45, 2.75) is 19.4 Å². The Morgan fingerprint density at radius 1 is 1.30 bits per heavy atom. The van der Waals surface area contributed by atoms with Gasteiger partial charge in [0, 0.05) is 26.1 Å². The molecule has 1 saturated heterocycles. The highest BCUT2D eigenvalue weighted by Gasteiger charge is 2.36. The molecule has 0 unspecified atom stereocenters. The summed E-state index contributed by atoms with van der Waals surface area (Å²) in [5.74, 6) is -4.78. The Morgan fingerprint density at radius 3 is 2.63 bits per heavy atom. The van der Waals surface area contributed by atoms with E-state index in [-0.39, 0.29) is 44.1 Å². The monoisotopic (exact) mass is 427 g/mol. The van der Waals surface area contributed by atoms with Crippen molar-refractivity contribution in [3.8, 4) is 0 Å². The predicted molar refractivity (Wildman–Crippen MR) is 98.9 cm³/mol. The van der Waals surface area contributed by atoms with Crippen LogP contribution in [0.15, 0.2) is 12.1 Å². The molecule has 30 heavy (non-hydrogen) atoms. The van der Waals surface area contributed by atoms with E-state index < -0.39 is 53.4 Å². The summed E-state index contributed by atoms with van der Waals surface area (Å²) in [6, 6.07) is 0.724. The first-order valence-corrected chi connectivity index (χ1v) is 9.21. The molecule has 0 bridgehead atoms. The number of carbonyl (C=O) groups is 3. The number of amides is 3. The normalized spacial score (nSPS) is 18.9. The van der Waals surface area contributed by atoms with E-state index in [0.717, 1.165) is 11.0 Å². The highest BCUT2D eigenvalue weighted by molar-refractivity contribution is 5.90. The molecule has 8 nitrogen and oxygen atoms in total. The Hall–Kier alpha value is -3.08. The highest BCUT2D eigenvalue weighted by atomic mass is 19.2. The molecule has 1 fully saturated rings. The number of halogens is 3. The van der Waals surface area contributed by atoms with Gasteiger partial charge in [-0.25, -0.2) is 18.0 Å². The standard InChI is InChI=1S/C19H20F3N3O5/c1-10(27)23-7-12-8-25(19(29)30-12)14-6-13(20)16(18(22)17(14)21)11-2-4-24(5-3-11)15(28)9-26/h2,6,12,26H,3-5,7-9H2,1H3,(H,23,27)/t12-/m0/s1. The molecule has 2 N–H and O–H groups in total. The van der Waals surface area contributed by atoms with Gasteiger partial charge >= 0.3 is 6.09 Å². The Bertz CT molecular complexity index is 921.